The van der Waals surface area contributed by atoms with Gasteiger partial charge in [-0.1, -0.05) is 5.16 Å². The molecule has 260 valence electrons. The van der Waals surface area contributed by atoms with Gasteiger partial charge in [0.2, 0.25) is 16.6 Å². The number of nitrogens with two attached hydrogens (primary N) is 2. The minimum Gasteiger partial charge on any atom is -0.724 e. The summed E-state index contributed by atoms with van der Waals surface area (Å²) in [6.07, 6.45) is 4.25. The zero-order chi connectivity index (χ0) is 35.6. The number of carbonyl (C=O) groups is 3. The summed E-state index contributed by atoms with van der Waals surface area (Å²) in [5, 5.41) is 17.6. The van der Waals surface area contributed by atoms with Gasteiger partial charge in [-0.15, -0.1) is 16.0 Å². The summed E-state index contributed by atoms with van der Waals surface area (Å²) in [4.78, 5) is 47.3. The Hall–Kier alpha value is -4.70. The molecule has 21 heteroatoms. The lowest BCUT2D eigenvalue weighted by atomic mass is 9.84. The van der Waals surface area contributed by atoms with Crippen LogP contribution in [-0.4, -0.2) is 86.6 Å². The van der Waals surface area contributed by atoms with Gasteiger partial charge in [-0.2, -0.15) is 14.0 Å². The van der Waals surface area contributed by atoms with E-state index in [0.29, 0.717) is 23.7 Å². The van der Waals surface area contributed by atoms with Crippen LogP contribution in [0.2, 0.25) is 0 Å². The van der Waals surface area contributed by atoms with Crippen LogP contribution >= 0.6 is 11.3 Å². The summed E-state index contributed by atoms with van der Waals surface area (Å²) >= 11 is 0.919. The van der Waals surface area contributed by atoms with Crippen molar-refractivity contribution in [1.82, 2.24) is 20.0 Å². The number of thiazole rings is 1. The highest BCUT2D eigenvalue weighted by atomic mass is 32.3. The number of carboxylic acids is 1. The van der Waals surface area contributed by atoms with Crippen LogP contribution in [0.25, 0.3) is 11.1 Å². The average Bonchev–Trinajstić information content (AvgIpc) is 3.60. The Morgan fingerprint density at radius 3 is 2.62 bits per heavy atom. The Kier molecular flexibility index (Phi) is 10.4. The van der Waals surface area contributed by atoms with Crippen LogP contribution in [0.1, 0.15) is 32.9 Å². The predicted octanol–water partition coefficient (Wildman–Crippen LogP) is -0.353. The SMILES string of the molecule is C[n+]1cc(-c2ccc(OCC(C)(O/N=C(\C(=O)NC3C(=O)N(OS(=O)(=O)[O-])C3(C)C)c3csc(N)n3)C(=O)O)cc2F)cn1CCCN. The number of hydrogen-bond acceptors (Lipinski definition) is 14. The van der Waals surface area contributed by atoms with E-state index in [9.17, 15) is 32.5 Å². The van der Waals surface area contributed by atoms with Crippen LogP contribution in [0.4, 0.5) is 9.52 Å². The highest BCUT2D eigenvalue weighted by Crippen LogP contribution is 2.33. The number of amides is 2. The molecule has 2 atom stereocenters. The fourth-order valence-corrected chi connectivity index (χ4v) is 5.50. The summed E-state index contributed by atoms with van der Waals surface area (Å²) in [6.45, 7) is 4.16. The van der Waals surface area contributed by atoms with E-state index in [-0.39, 0.29) is 22.1 Å². The average molecular weight is 713 g/mol. The third-order valence-electron chi connectivity index (χ3n) is 7.27. The second-order valence-corrected chi connectivity index (χ2v) is 13.2. The van der Waals surface area contributed by atoms with E-state index in [4.69, 9.17) is 21.0 Å². The third kappa shape index (κ3) is 7.87. The molecule has 2 unspecified atom stereocenters. The first-order valence-electron chi connectivity index (χ1n) is 14.1. The van der Waals surface area contributed by atoms with E-state index in [2.05, 4.69) is 19.7 Å². The maximum atomic E-state index is 15.1. The van der Waals surface area contributed by atoms with Crippen LogP contribution in [-0.2, 0) is 47.5 Å². The van der Waals surface area contributed by atoms with Crippen LogP contribution in [0.15, 0.2) is 41.1 Å². The molecule has 0 saturated carbocycles. The summed E-state index contributed by atoms with van der Waals surface area (Å²) < 4.78 is 61.6. The molecule has 18 nitrogen and oxygen atoms in total. The lowest BCUT2D eigenvalue weighted by molar-refractivity contribution is -0.753. The van der Waals surface area contributed by atoms with Gasteiger partial charge in [0, 0.05) is 17.0 Å². The van der Waals surface area contributed by atoms with Crippen molar-refractivity contribution in [3.8, 4) is 16.9 Å². The van der Waals surface area contributed by atoms with Gasteiger partial charge in [-0.25, -0.2) is 22.6 Å². The van der Waals surface area contributed by atoms with E-state index in [1.54, 1.807) is 17.1 Å². The Morgan fingerprint density at radius 2 is 2.06 bits per heavy atom. The minimum atomic E-state index is -5.29. The fraction of sp³-hybridized carbons (Fsp3) is 0.407. The number of hydrogen-bond donors (Lipinski definition) is 4. The van der Waals surface area contributed by atoms with Crippen molar-refractivity contribution in [3.05, 3.63) is 47.5 Å². The van der Waals surface area contributed by atoms with Crippen LogP contribution in [0, 0.1) is 5.82 Å². The molecular weight excluding hydrogens is 679 g/mol. The zero-order valence-corrected chi connectivity index (χ0v) is 27.7. The van der Waals surface area contributed by atoms with Crippen molar-refractivity contribution >= 4 is 50.4 Å². The van der Waals surface area contributed by atoms with Gasteiger partial charge in [0.05, 0.1) is 23.8 Å². The second-order valence-electron chi connectivity index (χ2n) is 11.3. The molecule has 2 aromatic heterocycles. The number of nitrogens with one attached hydrogen (secondary N) is 1. The van der Waals surface area contributed by atoms with Gasteiger partial charge < -0.3 is 36.0 Å². The molecule has 4 rings (SSSR count). The molecular formula is C27H33FN8O10S2. The number of halogens is 1. The smallest absolute Gasteiger partial charge is 0.354 e. The molecule has 1 saturated heterocycles. The Balaban J connectivity index is 1.51. The van der Waals surface area contributed by atoms with E-state index < -0.39 is 63.5 Å². The third-order valence-corrected chi connectivity index (χ3v) is 8.27. The molecule has 0 radical (unpaired) electrons. The van der Waals surface area contributed by atoms with Crippen LogP contribution in [0.3, 0.4) is 0 Å². The standard InChI is InChI=1S/C27H33FN8O10S2/c1-26(2)21(23(38)36(26)46-48(41,42)43)32-22(37)20(19-13-47-25(30)31-19)33-45-27(3,24(39)40)14-44-16-6-7-17(18(28)10-16)15-11-34(4)35(12-15)9-5-8-29/h6-7,10-13,21H,5,8-9,14,29H2,1-4H3,(H4-,30,31,32,37,39,40,41,42,43)/b33-20-. The van der Waals surface area contributed by atoms with Crippen LogP contribution < -0.4 is 26.2 Å². The minimum absolute atomic E-state index is 0.0152. The summed E-state index contributed by atoms with van der Waals surface area (Å²) in [6, 6.07) is 2.60. The Morgan fingerprint density at radius 1 is 1.35 bits per heavy atom. The molecule has 0 spiro atoms. The zero-order valence-electron chi connectivity index (χ0n) is 26.1. The number of carboxylic acid groups (broad SMARTS) is 1. The number of β-lactam (4-membered cyclic amide) rings is 1. The maximum Gasteiger partial charge on any atom is 0.354 e. The number of aryl methyl sites for hydroxylation is 2. The van der Waals surface area contributed by atoms with Crippen molar-refractivity contribution in [1.29, 1.82) is 0 Å². The summed E-state index contributed by atoms with van der Waals surface area (Å²) in [5.41, 5.74) is 7.66. The lowest BCUT2D eigenvalue weighted by Crippen LogP contribution is -2.76. The first kappa shape index (κ1) is 36.1. The van der Waals surface area contributed by atoms with Gasteiger partial charge in [0.25, 0.3) is 17.4 Å². The molecule has 3 heterocycles. The second kappa shape index (κ2) is 13.8. The van der Waals surface area contributed by atoms with Gasteiger partial charge in [-0.05, 0) is 45.9 Å². The van der Waals surface area contributed by atoms with Gasteiger partial charge in [0.1, 0.15) is 29.9 Å². The van der Waals surface area contributed by atoms with Crippen LogP contribution in [0.5, 0.6) is 5.75 Å². The topological polar surface area (TPSA) is 258 Å². The number of hydroxylamine groups is 2. The summed E-state index contributed by atoms with van der Waals surface area (Å²) in [5.74, 6) is -4.37. The number of anilines is 1. The number of aliphatic carboxylic acids is 1. The number of ether oxygens (including phenoxy) is 1. The van der Waals surface area contributed by atoms with Gasteiger partial charge in [-0.3, -0.25) is 9.59 Å². The quantitative estimate of drug-likeness (QED) is 0.0393. The largest absolute Gasteiger partial charge is 0.724 e. The fourth-order valence-electron chi connectivity index (χ4n) is 4.51. The number of nitrogen functional groups attached to an aromatic ring is 1. The molecule has 1 aliphatic heterocycles. The number of rotatable bonds is 15. The molecule has 1 fully saturated rings. The highest BCUT2D eigenvalue weighted by Gasteiger charge is 2.57. The van der Waals surface area contributed by atoms with Crippen molar-refractivity contribution in [2.45, 2.75) is 50.9 Å². The first-order chi connectivity index (χ1) is 22.4. The normalized spacial score (nSPS) is 17.4. The van der Waals surface area contributed by atoms with Crippen molar-refractivity contribution < 1.29 is 55.4 Å². The maximum absolute atomic E-state index is 15.1. The number of oxime groups is 1. The molecule has 6 N–H and O–H groups in total. The monoisotopic (exact) mass is 712 g/mol. The van der Waals surface area contributed by atoms with Gasteiger partial charge in [0.15, 0.2) is 17.9 Å². The van der Waals surface area contributed by atoms with Gasteiger partial charge >= 0.3 is 5.97 Å². The van der Waals surface area contributed by atoms with Crippen molar-refractivity contribution in [2.24, 2.45) is 17.9 Å². The lowest BCUT2D eigenvalue weighted by Gasteiger charge is -2.51. The Labute approximate surface area is 277 Å². The molecule has 48 heavy (non-hydrogen) atoms. The summed E-state index contributed by atoms with van der Waals surface area (Å²) in [7, 11) is -3.48. The van der Waals surface area contributed by atoms with Crippen molar-refractivity contribution in [3.63, 3.8) is 0 Å². The Bertz CT molecular complexity index is 1860. The van der Waals surface area contributed by atoms with Crippen molar-refractivity contribution in [2.75, 3.05) is 18.9 Å². The highest BCUT2D eigenvalue weighted by molar-refractivity contribution is 7.80. The number of benzene rings is 1. The molecule has 2 amide bonds. The molecule has 1 aromatic carbocycles. The molecule has 0 bridgehead atoms. The van der Waals surface area contributed by atoms with E-state index in [1.807, 2.05) is 11.7 Å². The first-order valence-corrected chi connectivity index (χ1v) is 16.3. The molecule has 0 aliphatic carbocycles. The number of nitrogens with zero attached hydrogens (tertiary/aromatic N) is 5. The predicted molar refractivity (Wildman–Crippen MR) is 164 cm³/mol. The molecule has 3 aromatic rings. The van der Waals surface area contributed by atoms with E-state index in [1.165, 1.54) is 31.4 Å². The number of aromatic nitrogens is 3. The van der Waals surface area contributed by atoms with E-state index >= 15 is 4.39 Å². The van der Waals surface area contributed by atoms with E-state index in [0.717, 1.165) is 30.7 Å². The number of carbonyl (C=O) groups excluding carboxylic acids is 2. The molecule has 1 aliphatic rings.